The molecule has 0 bridgehead atoms. The Bertz CT molecular complexity index is 496. The third kappa shape index (κ3) is 1.93. The fraction of sp³-hybridized carbons (Fsp3) is 0.400. The van der Waals surface area contributed by atoms with Gasteiger partial charge in [-0.1, -0.05) is 6.92 Å². The fourth-order valence-corrected chi connectivity index (χ4v) is 2.37. The molecule has 1 aromatic carbocycles. The molecule has 0 N–H and O–H groups in total. The molecule has 0 radical (unpaired) electrons. The van der Waals surface area contributed by atoms with Crippen LogP contribution >= 0.6 is 0 Å². The lowest BCUT2D eigenvalue weighted by Gasteiger charge is -2.31. The monoisotopic (exact) mass is 228 g/mol. The van der Waals surface area contributed by atoms with Crippen molar-refractivity contribution >= 4 is 5.78 Å². The molecule has 0 aliphatic heterocycles. The first kappa shape index (κ1) is 11.7. The van der Waals surface area contributed by atoms with E-state index in [2.05, 4.69) is 5.92 Å². The van der Waals surface area contributed by atoms with Gasteiger partial charge in [0.15, 0.2) is 5.78 Å². The van der Waals surface area contributed by atoms with Crippen LogP contribution in [0.4, 0.5) is 0 Å². The third-order valence-corrected chi connectivity index (χ3v) is 3.54. The summed E-state index contributed by atoms with van der Waals surface area (Å²) in [6.45, 7) is 1.96. The quantitative estimate of drug-likeness (QED) is 0.727. The van der Waals surface area contributed by atoms with Gasteiger partial charge in [-0.2, -0.15) is 0 Å². The number of hydrogen-bond donors (Lipinski definition) is 0. The zero-order valence-electron chi connectivity index (χ0n) is 10.2. The van der Waals surface area contributed by atoms with Crippen molar-refractivity contribution in [3.8, 4) is 18.1 Å². The van der Waals surface area contributed by atoms with Crippen LogP contribution in [0.2, 0.25) is 0 Å². The molecular weight excluding hydrogens is 212 g/mol. The molecule has 17 heavy (non-hydrogen) atoms. The van der Waals surface area contributed by atoms with Crippen LogP contribution in [0, 0.1) is 17.8 Å². The summed E-state index contributed by atoms with van der Waals surface area (Å²) in [7, 11) is 1.63. The smallest absolute Gasteiger partial charge is 0.169 e. The lowest BCUT2D eigenvalue weighted by Crippen LogP contribution is -2.33. The fourth-order valence-electron chi connectivity index (χ4n) is 2.37. The van der Waals surface area contributed by atoms with Gasteiger partial charge < -0.3 is 4.74 Å². The Kier molecular flexibility index (Phi) is 2.93. The number of fused-ring (bicyclic) bond motifs is 1. The summed E-state index contributed by atoms with van der Waals surface area (Å²) in [5, 5.41) is 0. The predicted octanol–water partition coefficient (Wildman–Crippen LogP) is 2.85. The second kappa shape index (κ2) is 4.25. The Morgan fingerprint density at radius 1 is 1.53 bits per heavy atom. The van der Waals surface area contributed by atoms with Gasteiger partial charge >= 0.3 is 0 Å². The molecule has 0 fully saturated rings. The molecule has 0 saturated heterocycles. The molecular formula is C15H16O2. The summed E-state index contributed by atoms with van der Waals surface area (Å²) in [4.78, 5) is 12.4. The van der Waals surface area contributed by atoms with Crippen molar-refractivity contribution in [3.05, 3.63) is 29.3 Å². The molecule has 0 aromatic heterocycles. The number of ketones is 1. The van der Waals surface area contributed by atoms with Crippen molar-refractivity contribution in [1.82, 2.24) is 0 Å². The molecule has 2 heteroatoms. The molecule has 2 rings (SSSR count). The lowest BCUT2D eigenvalue weighted by molar-refractivity contribution is 0.0791. The topological polar surface area (TPSA) is 26.3 Å². The zero-order chi connectivity index (χ0) is 12.5. The molecule has 1 aromatic rings. The van der Waals surface area contributed by atoms with E-state index in [0.717, 1.165) is 29.7 Å². The van der Waals surface area contributed by atoms with E-state index in [1.165, 1.54) is 0 Å². The highest BCUT2D eigenvalue weighted by atomic mass is 16.5. The summed E-state index contributed by atoms with van der Waals surface area (Å²) >= 11 is 0. The van der Waals surface area contributed by atoms with Crippen LogP contribution in [-0.2, 0) is 6.42 Å². The Morgan fingerprint density at radius 3 is 2.94 bits per heavy atom. The maximum absolute atomic E-state index is 12.4. The largest absolute Gasteiger partial charge is 0.497 e. The second-order valence-corrected chi connectivity index (χ2v) is 4.79. The summed E-state index contributed by atoms with van der Waals surface area (Å²) in [6, 6.07) is 5.63. The molecule has 1 unspecified atom stereocenters. The minimum Gasteiger partial charge on any atom is -0.497 e. The van der Waals surface area contributed by atoms with Gasteiger partial charge in [-0.15, -0.1) is 12.3 Å². The van der Waals surface area contributed by atoms with Gasteiger partial charge in [-0.05, 0) is 36.6 Å². The number of carbonyl (C=O) groups excluding carboxylic acids is 1. The van der Waals surface area contributed by atoms with Crippen LogP contribution in [0.15, 0.2) is 18.2 Å². The summed E-state index contributed by atoms with van der Waals surface area (Å²) in [6.07, 6.45) is 7.56. The molecule has 88 valence electrons. The highest BCUT2D eigenvalue weighted by Crippen LogP contribution is 2.38. The molecule has 2 nitrogen and oxygen atoms in total. The van der Waals surface area contributed by atoms with Crippen molar-refractivity contribution in [2.24, 2.45) is 5.41 Å². The van der Waals surface area contributed by atoms with Crippen LogP contribution in [0.5, 0.6) is 5.75 Å². The maximum Gasteiger partial charge on any atom is 0.169 e. The summed E-state index contributed by atoms with van der Waals surface area (Å²) in [5.41, 5.74) is 1.48. The van der Waals surface area contributed by atoms with E-state index in [1.807, 2.05) is 25.1 Å². The number of ether oxygens (including phenoxy) is 1. The highest BCUT2D eigenvalue weighted by Gasteiger charge is 2.37. The SMILES string of the molecule is C#CCC1(C)CCc2cc(OC)ccc2C1=O. The van der Waals surface area contributed by atoms with E-state index in [4.69, 9.17) is 11.2 Å². The first-order chi connectivity index (χ1) is 8.10. The zero-order valence-corrected chi connectivity index (χ0v) is 10.2. The molecule has 0 amide bonds. The van der Waals surface area contributed by atoms with Crippen LogP contribution in [0.25, 0.3) is 0 Å². The van der Waals surface area contributed by atoms with Crippen LogP contribution < -0.4 is 4.74 Å². The van der Waals surface area contributed by atoms with Crippen molar-refractivity contribution in [1.29, 1.82) is 0 Å². The number of methoxy groups -OCH3 is 1. The average Bonchev–Trinajstić information content (AvgIpc) is 2.34. The highest BCUT2D eigenvalue weighted by molar-refractivity contribution is 6.02. The number of carbonyl (C=O) groups is 1. The van der Waals surface area contributed by atoms with Crippen LogP contribution in [0.3, 0.4) is 0 Å². The van der Waals surface area contributed by atoms with Gasteiger partial charge in [-0.3, -0.25) is 4.79 Å². The normalized spacial score (nSPS) is 22.8. The molecule has 0 saturated carbocycles. The lowest BCUT2D eigenvalue weighted by atomic mass is 9.70. The summed E-state index contributed by atoms with van der Waals surface area (Å²) in [5.74, 6) is 3.59. The first-order valence-electron chi connectivity index (χ1n) is 5.76. The van der Waals surface area contributed by atoms with E-state index < -0.39 is 5.41 Å². The number of terminal acetylenes is 1. The standard InChI is InChI=1S/C15H16O2/c1-4-8-15(2)9-7-11-10-12(17-3)5-6-13(11)14(15)16/h1,5-6,10H,7-9H2,2-3H3. The van der Waals surface area contributed by atoms with E-state index in [9.17, 15) is 4.79 Å². The van der Waals surface area contributed by atoms with Gasteiger partial charge in [-0.25, -0.2) is 0 Å². The Hall–Kier alpha value is -1.75. The number of aryl methyl sites for hydroxylation is 1. The van der Waals surface area contributed by atoms with Gasteiger partial charge in [0.05, 0.1) is 7.11 Å². The molecule has 0 heterocycles. The van der Waals surface area contributed by atoms with Crippen LogP contribution in [-0.4, -0.2) is 12.9 Å². The second-order valence-electron chi connectivity index (χ2n) is 4.79. The van der Waals surface area contributed by atoms with Gasteiger partial charge in [0.25, 0.3) is 0 Å². The first-order valence-corrected chi connectivity index (χ1v) is 5.76. The van der Waals surface area contributed by atoms with E-state index in [0.29, 0.717) is 6.42 Å². The maximum atomic E-state index is 12.4. The molecule has 0 spiro atoms. The van der Waals surface area contributed by atoms with E-state index in [1.54, 1.807) is 7.11 Å². The Labute approximate surface area is 102 Å². The summed E-state index contributed by atoms with van der Waals surface area (Å²) < 4.78 is 5.17. The number of benzene rings is 1. The van der Waals surface area contributed by atoms with Gasteiger partial charge in [0, 0.05) is 17.4 Å². The molecule has 1 aliphatic carbocycles. The number of rotatable bonds is 2. The van der Waals surface area contributed by atoms with Crippen molar-refractivity contribution in [2.75, 3.05) is 7.11 Å². The number of hydrogen-bond acceptors (Lipinski definition) is 2. The van der Waals surface area contributed by atoms with E-state index in [-0.39, 0.29) is 5.78 Å². The Morgan fingerprint density at radius 2 is 2.29 bits per heavy atom. The predicted molar refractivity (Wildman–Crippen MR) is 67.2 cm³/mol. The minimum absolute atomic E-state index is 0.166. The van der Waals surface area contributed by atoms with Gasteiger partial charge in [0.2, 0.25) is 0 Å². The average molecular weight is 228 g/mol. The number of Topliss-reactive ketones (excluding diaryl/α,β-unsaturated/α-hetero) is 1. The minimum atomic E-state index is -0.393. The third-order valence-electron chi connectivity index (χ3n) is 3.54. The molecule has 1 aliphatic rings. The molecule has 1 atom stereocenters. The van der Waals surface area contributed by atoms with Crippen molar-refractivity contribution in [2.45, 2.75) is 26.2 Å². The van der Waals surface area contributed by atoms with E-state index >= 15 is 0 Å². The van der Waals surface area contributed by atoms with Crippen molar-refractivity contribution < 1.29 is 9.53 Å². The Balaban J connectivity index is 2.41. The van der Waals surface area contributed by atoms with Crippen LogP contribution in [0.1, 0.15) is 35.7 Å². The van der Waals surface area contributed by atoms with Gasteiger partial charge in [0.1, 0.15) is 5.75 Å². The van der Waals surface area contributed by atoms with Crippen molar-refractivity contribution in [3.63, 3.8) is 0 Å².